The lowest BCUT2D eigenvalue weighted by Crippen LogP contribution is -2.17. The fraction of sp³-hybridized carbons (Fsp3) is 0.412. The van der Waals surface area contributed by atoms with Crippen molar-refractivity contribution >= 4 is 43.8 Å². The van der Waals surface area contributed by atoms with Gasteiger partial charge in [0.25, 0.3) is 0 Å². The van der Waals surface area contributed by atoms with Crippen molar-refractivity contribution in [2.45, 2.75) is 43.4 Å². The van der Waals surface area contributed by atoms with E-state index in [-0.39, 0.29) is 23.0 Å². The maximum Gasteiger partial charge on any atom is 0.227 e. The highest BCUT2D eigenvalue weighted by Crippen LogP contribution is 2.29. The average Bonchev–Trinajstić information content (AvgIpc) is 2.82. The first-order valence-electron chi connectivity index (χ1n) is 8.21. The van der Waals surface area contributed by atoms with Crippen LogP contribution < -0.4 is 5.32 Å². The van der Waals surface area contributed by atoms with Crippen LogP contribution in [0.4, 0.5) is 5.13 Å². The van der Waals surface area contributed by atoms with Gasteiger partial charge in [-0.2, -0.15) is 0 Å². The molecule has 0 bridgehead atoms. The SMILES string of the molecule is O=C(CCS(=O)(=O)c1ccc(Cl)cc1)Nc1nc2c(s1)CCCCC2. The van der Waals surface area contributed by atoms with Gasteiger partial charge in [-0.25, -0.2) is 13.4 Å². The van der Waals surface area contributed by atoms with Gasteiger partial charge in [0, 0.05) is 16.3 Å². The molecule has 1 heterocycles. The quantitative estimate of drug-likeness (QED) is 0.775. The zero-order valence-corrected chi connectivity index (χ0v) is 16.0. The predicted molar refractivity (Wildman–Crippen MR) is 100 cm³/mol. The summed E-state index contributed by atoms with van der Waals surface area (Å²) in [4.78, 5) is 18.0. The third-order valence-electron chi connectivity index (χ3n) is 4.11. The molecule has 1 aliphatic rings. The van der Waals surface area contributed by atoms with E-state index in [0.29, 0.717) is 10.2 Å². The predicted octanol–water partition coefficient (Wildman–Crippen LogP) is 3.87. The number of aromatic nitrogens is 1. The molecule has 8 heteroatoms. The Labute approximate surface area is 156 Å². The molecule has 25 heavy (non-hydrogen) atoms. The number of anilines is 1. The highest BCUT2D eigenvalue weighted by molar-refractivity contribution is 7.91. The molecule has 0 aliphatic heterocycles. The van der Waals surface area contributed by atoms with Crippen molar-refractivity contribution in [1.82, 2.24) is 4.98 Å². The van der Waals surface area contributed by atoms with E-state index in [0.717, 1.165) is 31.4 Å². The number of thiazole rings is 1. The summed E-state index contributed by atoms with van der Waals surface area (Å²) >= 11 is 7.27. The van der Waals surface area contributed by atoms with Crippen LogP contribution in [0.1, 0.15) is 36.3 Å². The second-order valence-electron chi connectivity index (χ2n) is 6.02. The van der Waals surface area contributed by atoms with Gasteiger partial charge in [0.2, 0.25) is 5.91 Å². The van der Waals surface area contributed by atoms with Gasteiger partial charge >= 0.3 is 0 Å². The molecule has 0 saturated carbocycles. The van der Waals surface area contributed by atoms with Gasteiger partial charge in [-0.15, -0.1) is 11.3 Å². The molecule has 3 rings (SSSR count). The van der Waals surface area contributed by atoms with E-state index in [1.807, 2.05) is 0 Å². The molecule has 1 aromatic heterocycles. The van der Waals surface area contributed by atoms with Gasteiger partial charge in [-0.05, 0) is 49.9 Å². The number of nitrogens with one attached hydrogen (secondary N) is 1. The molecule has 2 aromatic rings. The molecular weight excluding hydrogens is 380 g/mol. The Morgan fingerprint density at radius 2 is 1.88 bits per heavy atom. The van der Waals surface area contributed by atoms with E-state index in [1.54, 1.807) is 0 Å². The summed E-state index contributed by atoms with van der Waals surface area (Å²) in [5, 5.41) is 3.78. The number of sulfone groups is 1. The van der Waals surface area contributed by atoms with Crippen LogP contribution in [0.3, 0.4) is 0 Å². The number of carbonyl (C=O) groups is 1. The van der Waals surface area contributed by atoms with Gasteiger partial charge in [0.1, 0.15) is 0 Å². The molecule has 0 radical (unpaired) electrons. The van der Waals surface area contributed by atoms with Gasteiger partial charge < -0.3 is 5.32 Å². The van der Waals surface area contributed by atoms with Crippen LogP contribution >= 0.6 is 22.9 Å². The van der Waals surface area contributed by atoms with Crippen LogP contribution in [0, 0.1) is 0 Å². The maximum absolute atomic E-state index is 12.3. The summed E-state index contributed by atoms with van der Waals surface area (Å²) in [7, 11) is -3.51. The van der Waals surface area contributed by atoms with Gasteiger partial charge in [-0.3, -0.25) is 4.79 Å². The molecule has 1 amide bonds. The van der Waals surface area contributed by atoms with E-state index < -0.39 is 9.84 Å². The number of nitrogens with zero attached hydrogens (tertiary/aromatic N) is 1. The molecule has 1 aromatic carbocycles. The first-order chi connectivity index (χ1) is 11.9. The summed E-state index contributed by atoms with van der Waals surface area (Å²) in [6.45, 7) is 0. The Morgan fingerprint density at radius 1 is 1.16 bits per heavy atom. The molecule has 0 atom stereocenters. The molecule has 1 N–H and O–H groups in total. The van der Waals surface area contributed by atoms with Crippen molar-refractivity contribution in [3.05, 3.63) is 39.9 Å². The summed E-state index contributed by atoms with van der Waals surface area (Å²) in [5.74, 6) is -0.576. The molecule has 0 spiro atoms. The lowest BCUT2D eigenvalue weighted by Gasteiger charge is -2.05. The number of hydrogen-bond donors (Lipinski definition) is 1. The van der Waals surface area contributed by atoms with E-state index in [9.17, 15) is 13.2 Å². The van der Waals surface area contributed by atoms with Crippen molar-refractivity contribution in [2.75, 3.05) is 11.1 Å². The average molecular weight is 399 g/mol. The standard InChI is InChI=1S/C17H19ClN2O3S2/c18-12-6-8-13(9-7-12)25(22,23)11-10-16(21)20-17-19-14-4-2-1-3-5-15(14)24-17/h6-9H,1-5,10-11H2,(H,19,20,21). The van der Waals surface area contributed by atoms with Gasteiger partial charge in [0.15, 0.2) is 15.0 Å². The van der Waals surface area contributed by atoms with Crippen LogP contribution in [-0.4, -0.2) is 25.1 Å². The Morgan fingerprint density at radius 3 is 2.64 bits per heavy atom. The highest BCUT2D eigenvalue weighted by atomic mass is 35.5. The summed E-state index contributed by atoms with van der Waals surface area (Å²) in [6, 6.07) is 5.95. The number of hydrogen-bond acceptors (Lipinski definition) is 5. The van der Waals surface area contributed by atoms with Crippen LogP contribution in [0.25, 0.3) is 0 Å². The lowest BCUT2D eigenvalue weighted by atomic mass is 10.2. The number of halogens is 1. The zero-order valence-electron chi connectivity index (χ0n) is 13.6. The molecule has 5 nitrogen and oxygen atoms in total. The summed E-state index contributed by atoms with van der Waals surface area (Å²) in [5.41, 5.74) is 1.08. The largest absolute Gasteiger partial charge is 0.302 e. The third kappa shape index (κ3) is 4.80. The molecule has 1 aliphatic carbocycles. The molecule has 0 saturated heterocycles. The molecule has 0 unspecified atom stereocenters. The molecular formula is C17H19ClN2O3S2. The fourth-order valence-corrected chi connectivity index (χ4v) is 5.18. The normalized spacial score (nSPS) is 14.6. The van der Waals surface area contributed by atoms with E-state index >= 15 is 0 Å². The Kier molecular flexibility index (Phi) is 5.76. The second kappa shape index (κ2) is 7.85. The van der Waals surface area contributed by atoms with E-state index in [2.05, 4.69) is 10.3 Å². The number of carbonyl (C=O) groups excluding carboxylic acids is 1. The van der Waals surface area contributed by atoms with Gasteiger partial charge in [0.05, 0.1) is 16.3 Å². The topological polar surface area (TPSA) is 76.1 Å². The zero-order chi connectivity index (χ0) is 17.9. The summed E-state index contributed by atoms with van der Waals surface area (Å²) < 4.78 is 24.5. The number of aryl methyl sites for hydroxylation is 2. The van der Waals surface area contributed by atoms with Crippen molar-refractivity contribution in [3.63, 3.8) is 0 Å². The Balaban J connectivity index is 1.58. The van der Waals surface area contributed by atoms with Crippen LogP contribution in [0.15, 0.2) is 29.2 Å². The monoisotopic (exact) mass is 398 g/mol. The third-order valence-corrected chi connectivity index (χ3v) is 7.17. The van der Waals surface area contributed by atoms with Crippen molar-refractivity contribution in [1.29, 1.82) is 0 Å². The number of rotatable bonds is 5. The van der Waals surface area contributed by atoms with Crippen LogP contribution in [-0.2, 0) is 27.5 Å². The maximum atomic E-state index is 12.3. The van der Waals surface area contributed by atoms with Crippen LogP contribution in [0.2, 0.25) is 5.02 Å². The first-order valence-corrected chi connectivity index (χ1v) is 11.1. The highest BCUT2D eigenvalue weighted by Gasteiger charge is 2.19. The van der Waals surface area contributed by atoms with Crippen molar-refractivity contribution in [3.8, 4) is 0 Å². The minimum Gasteiger partial charge on any atom is -0.302 e. The smallest absolute Gasteiger partial charge is 0.227 e. The minimum atomic E-state index is -3.51. The number of fused-ring (bicyclic) bond motifs is 1. The van der Waals surface area contributed by atoms with Crippen molar-refractivity contribution < 1.29 is 13.2 Å². The molecule has 134 valence electrons. The Hall–Kier alpha value is -1.44. The van der Waals surface area contributed by atoms with Crippen molar-refractivity contribution in [2.24, 2.45) is 0 Å². The van der Waals surface area contributed by atoms with E-state index in [1.165, 1.54) is 46.9 Å². The minimum absolute atomic E-state index is 0.102. The van der Waals surface area contributed by atoms with Crippen LogP contribution in [0.5, 0.6) is 0 Å². The molecule has 0 fully saturated rings. The van der Waals surface area contributed by atoms with Gasteiger partial charge in [-0.1, -0.05) is 18.0 Å². The number of amides is 1. The lowest BCUT2D eigenvalue weighted by molar-refractivity contribution is -0.115. The van der Waals surface area contributed by atoms with E-state index in [4.69, 9.17) is 11.6 Å². The first kappa shape index (κ1) is 18.4. The number of benzene rings is 1. The summed E-state index contributed by atoms with van der Waals surface area (Å²) in [6.07, 6.45) is 5.36. The second-order valence-corrected chi connectivity index (χ2v) is 9.65. The Bertz CT molecular complexity index is 837. The fourth-order valence-electron chi connectivity index (χ4n) is 2.75.